The van der Waals surface area contributed by atoms with E-state index in [1.807, 2.05) is 0 Å². The first-order valence-electron chi connectivity index (χ1n) is 6.86. The molecule has 2 aromatic rings. The van der Waals surface area contributed by atoms with E-state index in [4.69, 9.17) is 4.74 Å². The first kappa shape index (κ1) is 12.9. The lowest BCUT2D eigenvalue weighted by Gasteiger charge is -2.11. The third kappa shape index (κ3) is 3.28. The topological polar surface area (TPSA) is 21.3 Å². The Morgan fingerprint density at radius 1 is 1.16 bits per heavy atom. The van der Waals surface area contributed by atoms with Gasteiger partial charge in [-0.15, -0.1) is 0 Å². The molecule has 0 amide bonds. The maximum absolute atomic E-state index is 5.63. The maximum Gasteiger partial charge on any atom is 0.0592 e. The van der Waals surface area contributed by atoms with Crippen LogP contribution in [0.5, 0.6) is 0 Å². The summed E-state index contributed by atoms with van der Waals surface area (Å²) in [4.78, 5) is 0. The minimum absolute atomic E-state index is 0.462. The van der Waals surface area contributed by atoms with Crippen molar-refractivity contribution in [2.24, 2.45) is 0 Å². The van der Waals surface area contributed by atoms with Crippen LogP contribution in [0, 0.1) is 0 Å². The Morgan fingerprint density at radius 2 is 2.00 bits per heavy atom. The second-order valence-corrected chi connectivity index (χ2v) is 5.97. The van der Waals surface area contributed by atoms with Crippen LogP contribution in [0.4, 0.5) is 5.69 Å². The fraction of sp³-hybridized carbons (Fsp3) is 0.375. The number of hydrogen-bond donors (Lipinski definition) is 1. The van der Waals surface area contributed by atoms with Crippen LogP contribution in [0.2, 0.25) is 0 Å². The van der Waals surface area contributed by atoms with E-state index >= 15 is 0 Å². The maximum atomic E-state index is 5.63. The van der Waals surface area contributed by atoms with Crippen molar-refractivity contribution in [3.05, 3.63) is 40.9 Å². The van der Waals surface area contributed by atoms with Gasteiger partial charge in [0, 0.05) is 23.3 Å². The molecule has 0 bridgehead atoms. The zero-order chi connectivity index (χ0) is 13.1. The van der Waals surface area contributed by atoms with Gasteiger partial charge in [0.2, 0.25) is 0 Å². The van der Waals surface area contributed by atoms with Crippen LogP contribution in [0.25, 0.3) is 10.8 Å². The molecule has 1 aliphatic heterocycles. The zero-order valence-electron chi connectivity index (χ0n) is 10.9. The predicted octanol–water partition coefficient (Wildman–Crippen LogP) is 4.58. The Bertz CT molecular complexity index is 564. The monoisotopic (exact) mass is 319 g/mol. The molecule has 1 unspecified atom stereocenters. The van der Waals surface area contributed by atoms with Gasteiger partial charge < -0.3 is 10.1 Å². The van der Waals surface area contributed by atoms with Crippen molar-refractivity contribution in [1.82, 2.24) is 0 Å². The number of ether oxygens (including phenoxy) is 1. The Kier molecular flexibility index (Phi) is 4.04. The summed E-state index contributed by atoms with van der Waals surface area (Å²) in [6.07, 6.45) is 3.99. The fourth-order valence-electron chi connectivity index (χ4n) is 2.58. The van der Waals surface area contributed by atoms with Gasteiger partial charge in [0.05, 0.1) is 6.10 Å². The van der Waals surface area contributed by atoms with Crippen molar-refractivity contribution in [3.8, 4) is 0 Å². The van der Waals surface area contributed by atoms with Gasteiger partial charge in [0.25, 0.3) is 0 Å². The highest BCUT2D eigenvalue weighted by Gasteiger charge is 2.14. The van der Waals surface area contributed by atoms with E-state index < -0.39 is 0 Å². The molecule has 1 saturated heterocycles. The average molecular weight is 320 g/mol. The van der Waals surface area contributed by atoms with Crippen LogP contribution >= 0.6 is 15.9 Å². The van der Waals surface area contributed by atoms with Crippen LogP contribution in [-0.2, 0) is 4.74 Å². The van der Waals surface area contributed by atoms with Gasteiger partial charge in [-0.2, -0.15) is 0 Å². The van der Waals surface area contributed by atoms with Gasteiger partial charge >= 0.3 is 0 Å². The molecule has 3 rings (SSSR count). The molecule has 19 heavy (non-hydrogen) atoms. The van der Waals surface area contributed by atoms with Crippen LogP contribution < -0.4 is 5.32 Å². The van der Waals surface area contributed by atoms with E-state index in [-0.39, 0.29) is 0 Å². The van der Waals surface area contributed by atoms with Crippen molar-refractivity contribution >= 4 is 32.4 Å². The molecule has 1 atom stereocenters. The normalized spacial score (nSPS) is 18.9. The zero-order valence-corrected chi connectivity index (χ0v) is 12.4. The average Bonchev–Trinajstić information content (AvgIpc) is 2.92. The summed E-state index contributed by atoms with van der Waals surface area (Å²) >= 11 is 3.50. The standard InChI is InChI=1S/C16H18BrNO/c17-14-5-3-13-11-15(6-4-12(13)10-14)18-8-7-16-2-1-9-19-16/h3-6,10-11,16,18H,1-2,7-9H2. The van der Waals surface area contributed by atoms with Crippen molar-refractivity contribution < 1.29 is 4.74 Å². The molecule has 1 aliphatic rings. The summed E-state index contributed by atoms with van der Waals surface area (Å²) in [6, 6.07) is 12.9. The fourth-order valence-corrected chi connectivity index (χ4v) is 2.95. The van der Waals surface area contributed by atoms with Crippen molar-refractivity contribution in [2.75, 3.05) is 18.5 Å². The molecular weight excluding hydrogens is 302 g/mol. The summed E-state index contributed by atoms with van der Waals surface area (Å²) in [7, 11) is 0. The smallest absolute Gasteiger partial charge is 0.0592 e. The van der Waals surface area contributed by atoms with Crippen LogP contribution in [0.1, 0.15) is 19.3 Å². The summed E-state index contributed by atoms with van der Waals surface area (Å²) in [5, 5.41) is 6.02. The van der Waals surface area contributed by atoms with E-state index in [2.05, 4.69) is 57.6 Å². The van der Waals surface area contributed by atoms with Crippen molar-refractivity contribution in [2.45, 2.75) is 25.4 Å². The summed E-state index contributed by atoms with van der Waals surface area (Å²) in [5.41, 5.74) is 1.19. The molecule has 2 aromatic carbocycles. The number of hydrogen-bond acceptors (Lipinski definition) is 2. The number of fused-ring (bicyclic) bond motifs is 1. The Labute approximate surface area is 122 Å². The first-order valence-corrected chi connectivity index (χ1v) is 7.65. The van der Waals surface area contributed by atoms with Gasteiger partial charge in [0.15, 0.2) is 0 Å². The molecule has 0 aliphatic carbocycles. The first-order chi connectivity index (χ1) is 9.31. The second-order valence-electron chi connectivity index (χ2n) is 5.06. The van der Waals surface area contributed by atoms with Gasteiger partial charge in [-0.05, 0) is 54.3 Å². The van der Waals surface area contributed by atoms with Crippen LogP contribution in [-0.4, -0.2) is 19.3 Å². The minimum Gasteiger partial charge on any atom is -0.385 e. The van der Waals surface area contributed by atoms with Crippen LogP contribution in [0.15, 0.2) is 40.9 Å². The van der Waals surface area contributed by atoms with Gasteiger partial charge in [-0.25, -0.2) is 0 Å². The van der Waals surface area contributed by atoms with E-state index in [9.17, 15) is 0 Å². The second kappa shape index (κ2) is 5.93. The number of nitrogens with one attached hydrogen (secondary N) is 1. The largest absolute Gasteiger partial charge is 0.385 e. The van der Waals surface area contributed by atoms with E-state index in [1.165, 1.54) is 29.3 Å². The lowest BCUT2D eigenvalue weighted by Crippen LogP contribution is -2.12. The molecule has 1 N–H and O–H groups in total. The predicted molar refractivity (Wildman–Crippen MR) is 83.7 cm³/mol. The molecule has 0 aromatic heterocycles. The highest BCUT2D eigenvalue weighted by molar-refractivity contribution is 9.10. The number of rotatable bonds is 4. The van der Waals surface area contributed by atoms with E-state index in [0.717, 1.165) is 24.0 Å². The third-order valence-electron chi connectivity index (χ3n) is 3.62. The minimum atomic E-state index is 0.462. The summed E-state index contributed by atoms with van der Waals surface area (Å²) in [5.74, 6) is 0. The quantitative estimate of drug-likeness (QED) is 0.890. The molecule has 0 saturated carbocycles. The van der Waals surface area contributed by atoms with Gasteiger partial charge in [0.1, 0.15) is 0 Å². The Morgan fingerprint density at radius 3 is 2.84 bits per heavy atom. The molecule has 1 fully saturated rings. The van der Waals surface area contributed by atoms with Crippen LogP contribution in [0.3, 0.4) is 0 Å². The highest BCUT2D eigenvalue weighted by Crippen LogP contribution is 2.23. The SMILES string of the molecule is Brc1ccc2cc(NCCC3CCCO3)ccc2c1. The van der Waals surface area contributed by atoms with Crippen molar-refractivity contribution in [1.29, 1.82) is 0 Å². The summed E-state index contributed by atoms with van der Waals surface area (Å²) in [6.45, 7) is 1.92. The lowest BCUT2D eigenvalue weighted by atomic mass is 10.1. The Hall–Kier alpha value is -1.06. The van der Waals surface area contributed by atoms with Gasteiger partial charge in [-0.3, -0.25) is 0 Å². The number of benzene rings is 2. The third-order valence-corrected chi connectivity index (χ3v) is 4.11. The Balaban J connectivity index is 1.62. The van der Waals surface area contributed by atoms with E-state index in [1.54, 1.807) is 0 Å². The van der Waals surface area contributed by atoms with E-state index in [0.29, 0.717) is 6.10 Å². The van der Waals surface area contributed by atoms with Gasteiger partial charge in [-0.1, -0.05) is 28.1 Å². The lowest BCUT2D eigenvalue weighted by molar-refractivity contribution is 0.107. The highest BCUT2D eigenvalue weighted by atomic mass is 79.9. The molecule has 100 valence electrons. The molecule has 1 heterocycles. The number of halogens is 1. The van der Waals surface area contributed by atoms with Crippen molar-refractivity contribution in [3.63, 3.8) is 0 Å². The molecule has 0 radical (unpaired) electrons. The molecule has 3 heteroatoms. The number of anilines is 1. The molecule has 0 spiro atoms. The molecule has 2 nitrogen and oxygen atoms in total. The summed E-state index contributed by atoms with van der Waals surface area (Å²) < 4.78 is 6.75. The molecular formula is C16H18BrNO.